The van der Waals surface area contributed by atoms with Crippen molar-refractivity contribution >= 4 is 0 Å². The van der Waals surface area contributed by atoms with Crippen molar-refractivity contribution in [2.75, 3.05) is 14.2 Å². The van der Waals surface area contributed by atoms with Gasteiger partial charge in [0.1, 0.15) is 5.69 Å². The number of nitrogens with one attached hydrogen (secondary N) is 1. The number of ether oxygens (including phenoxy) is 1. The molecule has 102 valence electrons. The number of hydrogen-bond donors (Lipinski definition) is 1. The molecule has 1 unspecified atom stereocenters. The SMILES string of the molecule is CNC(c1cc(C)nnc1C)c1c(OC)cnn1C. The molecule has 2 rings (SSSR count). The summed E-state index contributed by atoms with van der Waals surface area (Å²) in [5, 5.41) is 15.8. The Labute approximate surface area is 112 Å². The fourth-order valence-corrected chi connectivity index (χ4v) is 2.21. The summed E-state index contributed by atoms with van der Waals surface area (Å²) in [4.78, 5) is 0. The molecule has 0 aliphatic heterocycles. The van der Waals surface area contributed by atoms with E-state index in [0.29, 0.717) is 0 Å². The van der Waals surface area contributed by atoms with E-state index >= 15 is 0 Å². The number of nitrogens with zero attached hydrogens (tertiary/aromatic N) is 4. The average Bonchev–Trinajstić information content (AvgIpc) is 2.76. The Hall–Kier alpha value is -1.95. The molecule has 2 aromatic heterocycles. The molecule has 0 bridgehead atoms. The molecule has 2 heterocycles. The van der Waals surface area contributed by atoms with Crippen LogP contribution in [0.2, 0.25) is 0 Å². The van der Waals surface area contributed by atoms with Crippen LogP contribution in [0.25, 0.3) is 0 Å². The fraction of sp³-hybridized carbons (Fsp3) is 0.462. The Morgan fingerprint density at radius 3 is 2.68 bits per heavy atom. The molecule has 0 aliphatic rings. The number of hydrogen-bond acceptors (Lipinski definition) is 5. The molecular weight excluding hydrogens is 242 g/mol. The van der Waals surface area contributed by atoms with Gasteiger partial charge in [-0.2, -0.15) is 15.3 Å². The van der Waals surface area contributed by atoms with Crippen LogP contribution in [0.4, 0.5) is 0 Å². The van der Waals surface area contributed by atoms with Gasteiger partial charge in [-0.25, -0.2) is 0 Å². The van der Waals surface area contributed by atoms with Gasteiger partial charge in [0.05, 0.1) is 30.7 Å². The van der Waals surface area contributed by atoms with Crippen LogP contribution in [-0.2, 0) is 7.05 Å². The van der Waals surface area contributed by atoms with Crippen molar-refractivity contribution in [2.45, 2.75) is 19.9 Å². The molecular formula is C13H19N5O. The largest absolute Gasteiger partial charge is 0.493 e. The Balaban J connectivity index is 2.56. The molecule has 0 fully saturated rings. The van der Waals surface area contributed by atoms with Crippen molar-refractivity contribution in [1.82, 2.24) is 25.3 Å². The molecule has 1 N–H and O–H groups in total. The first kappa shape index (κ1) is 13.5. The van der Waals surface area contributed by atoms with Crippen molar-refractivity contribution in [1.29, 1.82) is 0 Å². The van der Waals surface area contributed by atoms with Gasteiger partial charge in [0.25, 0.3) is 0 Å². The highest BCUT2D eigenvalue weighted by Gasteiger charge is 2.23. The molecule has 0 spiro atoms. The summed E-state index contributed by atoms with van der Waals surface area (Å²) in [6.45, 7) is 3.89. The Morgan fingerprint density at radius 2 is 2.05 bits per heavy atom. The van der Waals surface area contributed by atoms with Crippen LogP contribution in [0.3, 0.4) is 0 Å². The van der Waals surface area contributed by atoms with Crippen molar-refractivity contribution in [3.8, 4) is 5.75 Å². The predicted octanol–water partition coefficient (Wildman–Crippen LogP) is 1.14. The third-order valence-corrected chi connectivity index (χ3v) is 3.18. The van der Waals surface area contributed by atoms with Crippen LogP contribution >= 0.6 is 0 Å². The number of rotatable bonds is 4. The first-order valence-corrected chi connectivity index (χ1v) is 6.12. The van der Waals surface area contributed by atoms with Gasteiger partial charge in [0, 0.05) is 12.6 Å². The fourth-order valence-electron chi connectivity index (χ4n) is 2.21. The summed E-state index contributed by atoms with van der Waals surface area (Å²) < 4.78 is 7.20. The van der Waals surface area contributed by atoms with Crippen LogP contribution < -0.4 is 10.1 Å². The van der Waals surface area contributed by atoms with Gasteiger partial charge in [0.2, 0.25) is 0 Å². The molecule has 0 saturated heterocycles. The van der Waals surface area contributed by atoms with Gasteiger partial charge in [-0.05, 0) is 27.0 Å². The number of aryl methyl sites for hydroxylation is 3. The minimum atomic E-state index is -0.0309. The molecule has 1 atom stereocenters. The smallest absolute Gasteiger partial charge is 0.161 e. The van der Waals surface area contributed by atoms with Crippen LogP contribution in [-0.4, -0.2) is 34.1 Å². The highest BCUT2D eigenvalue weighted by Crippen LogP contribution is 2.30. The molecule has 0 aromatic carbocycles. The van der Waals surface area contributed by atoms with Gasteiger partial charge in [-0.1, -0.05) is 0 Å². The Kier molecular flexibility index (Phi) is 3.80. The zero-order valence-corrected chi connectivity index (χ0v) is 11.9. The van der Waals surface area contributed by atoms with Gasteiger partial charge in [-0.3, -0.25) is 4.68 Å². The lowest BCUT2D eigenvalue weighted by atomic mass is 10.0. The van der Waals surface area contributed by atoms with Crippen molar-refractivity contribution in [2.24, 2.45) is 7.05 Å². The minimum absolute atomic E-state index is 0.0309. The lowest BCUT2D eigenvalue weighted by molar-refractivity contribution is 0.402. The maximum absolute atomic E-state index is 5.38. The standard InChI is InChI=1S/C13H19N5O/c1-8-6-10(9(2)17-16-8)12(14-3)13-11(19-5)7-15-18(13)4/h6-7,12,14H,1-5H3. The summed E-state index contributed by atoms with van der Waals surface area (Å²) in [6, 6.07) is 2.01. The van der Waals surface area contributed by atoms with Crippen molar-refractivity contribution < 1.29 is 4.74 Å². The predicted molar refractivity (Wildman–Crippen MR) is 72.2 cm³/mol. The Morgan fingerprint density at radius 1 is 1.32 bits per heavy atom. The summed E-state index contributed by atoms with van der Waals surface area (Å²) in [6.07, 6.45) is 1.72. The maximum atomic E-state index is 5.38. The molecule has 6 heteroatoms. The molecule has 19 heavy (non-hydrogen) atoms. The van der Waals surface area contributed by atoms with E-state index in [4.69, 9.17) is 4.74 Å². The molecule has 0 amide bonds. The van der Waals surface area contributed by atoms with E-state index in [0.717, 1.165) is 28.4 Å². The topological polar surface area (TPSA) is 64.9 Å². The summed E-state index contributed by atoms with van der Waals surface area (Å²) in [5.74, 6) is 0.760. The van der Waals surface area contributed by atoms with E-state index in [2.05, 4.69) is 20.6 Å². The highest BCUT2D eigenvalue weighted by molar-refractivity contribution is 5.38. The van der Waals surface area contributed by atoms with E-state index in [-0.39, 0.29) is 6.04 Å². The molecule has 2 aromatic rings. The van der Waals surface area contributed by atoms with Gasteiger partial charge < -0.3 is 10.1 Å². The molecule has 0 saturated carbocycles. The minimum Gasteiger partial charge on any atom is -0.493 e. The van der Waals surface area contributed by atoms with Gasteiger partial charge >= 0.3 is 0 Å². The van der Waals surface area contributed by atoms with Gasteiger partial charge in [0.15, 0.2) is 5.75 Å². The third kappa shape index (κ3) is 2.44. The zero-order valence-electron chi connectivity index (χ0n) is 11.9. The lowest BCUT2D eigenvalue weighted by Gasteiger charge is -2.19. The van der Waals surface area contributed by atoms with E-state index in [9.17, 15) is 0 Å². The molecule has 6 nitrogen and oxygen atoms in total. The molecule has 0 aliphatic carbocycles. The highest BCUT2D eigenvalue weighted by atomic mass is 16.5. The lowest BCUT2D eigenvalue weighted by Crippen LogP contribution is -2.23. The van der Waals surface area contributed by atoms with Crippen molar-refractivity contribution in [3.05, 3.63) is 34.9 Å². The van der Waals surface area contributed by atoms with Crippen LogP contribution in [0.5, 0.6) is 5.75 Å². The van der Waals surface area contributed by atoms with Crippen LogP contribution in [0.1, 0.15) is 28.7 Å². The first-order valence-electron chi connectivity index (χ1n) is 6.12. The van der Waals surface area contributed by atoms with E-state index < -0.39 is 0 Å². The number of methoxy groups -OCH3 is 1. The second-order valence-corrected chi connectivity index (χ2v) is 4.47. The monoisotopic (exact) mass is 261 g/mol. The molecule has 0 radical (unpaired) electrons. The van der Waals surface area contributed by atoms with E-state index in [1.807, 2.05) is 38.7 Å². The van der Waals surface area contributed by atoms with Crippen molar-refractivity contribution in [3.63, 3.8) is 0 Å². The number of aromatic nitrogens is 4. The Bertz CT molecular complexity index is 578. The average molecular weight is 261 g/mol. The van der Waals surface area contributed by atoms with E-state index in [1.54, 1.807) is 13.3 Å². The van der Waals surface area contributed by atoms with Crippen LogP contribution in [0.15, 0.2) is 12.3 Å². The summed E-state index contributed by atoms with van der Waals surface area (Å²) >= 11 is 0. The summed E-state index contributed by atoms with van der Waals surface area (Å²) in [5.41, 5.74) is 3.84. The zero-order chi connectivity index (χ0) is 14.0. The summed E-state index contributed by atoms with van der Waals surface area (Å²) in [7, 11) is 5.46. The van der Waals surface area contributed by atoms with Crippen LogP contribution in [0, 0.1) is 13.8 Å². The first-order chi connectivity index (χ1) is 9.08. The quantitative estimate of drug-likeness (QED) is 0.894. The second kappa shape index (κ2) is 5.36. The second-order valence-electron chi connectivity index (χ2n) is 4.47. The van der Waals surface area contributed by atoms with Gasteiger partial charge in [-0.15, -0.1) is 0 Å². The van der Waals surface area contributed by atoms with E-state index in [1.165, 1.54) is 0 Å². The normalized spacial score (nSPS) is 12.5. The maximum Gasteiger partial charge on any atom is 0.161 e. The third-order valence-electron chi connectivity index (χ3n) is 3.18.